The topological polar surface area (TPSA) is 37.3 Å². The van der Waals surface area contributed by atoms with Crippen molar-refractivity contribution in [2.24, 2.45) is 5.92 Å². The second-order valence-corrected chi connectivity index (χ2v) is 3.59. The maximum Gasteiger partial charge on any atom is 0.317 e. The standard InChI is InChI=1S/C6H9BrO2/c7-5(6(8)9)3-4-1-2-4/h4-5H,1-3H2,(H,8,9). The third-order valence-electron chi connectivity index (χ3n) is 1.51. The van der Waals surface area contributed by atoms with Crippen molar-refractivity contribution in [2.75, 3.05) is 0 Å². The summed E-state index contributed by atoms with van der Waals surface area (Å²) in [6.07, 6.45) is 3.24. The number of aliphatic carboxylic acids is 1. The Bertz CT molecular complexity index is 120. The van der Waals surface area contributed by atoms with Gasteiger partial charge in [0.1, 0.15) is 4.83 Å². The lowest BCUT2D eigenvalue weighted by Gasteiger charge is -1.99. The van der Waals surface area contributed by atoms with Gasteiger partial charge in [0.05, 0.1) is 0 Å². The van der Waals surface area contributed by atoms with Gasteiger partial charge in [-0.25, -0.2) is 0 Å². The Kier molecular flexibility index (Phi) is 2.11. The number of carboxylic acids is 1. The summed E-state index contributed by atoms with van der Waals surface area (Å²) < 4.78 is 0. The lowest BCUT2D eigenvalue weighted by atomic mass is 10.2. The predicted octanol–water partition coefficient (Wildman–Crippen LogP) is 1.63. The summed E-state index contributed by atoms with van der Waals surface area (Å²) in [5.41, 5.74) is 0. The molecular weight excluding hydrogens is 184 g/mol. The molecule has 1 fully saturated rings. The SMILES string of the molecule is O=C(O)C(Br)CC1CC1. The van der Waals surface area contributed by atoms with Gasteiger partial charge in [0, 0.05) is 0 Å². The molecule has 1 unspecified atom stereocenters. The summed E-state index contributed by atoms with van der Waals surface area (Å²) in [6, 6.07) is 0. The molecule has 0 aromatic heterocycles. The van der Waals surface area contributed by atoms with E-state index in [1.54, 1.807) is 0 Å². The van der Waals surface area contributed by atoms with Crippen molar-refractivity contribution in [1.29, 1.82) is 0 Å². The maximum absolute atomic E-state index is 10.2. The molecule has 9 heavy (non-hydrogen) atoms. The van der Waals surface area contributed by atoms with E-state index in [1.165, 1.54) is 12.8 Å². The number of hydrogen-bond acceptors (Lipinski definition) is 1. The fraction of sp³-hybridized carbons (Fsp3) is 0.833. The van der Waals surface area contributed by atoms with Crippen LogP contribution >= 0.6 is 15.9 Å². The first-order chi connectivity index (χ1) is 4.20. The molecule has 0 aromatic rings. The van der Waals surface area contributed by atoms with Gasteiger partial charge in [-0.3, -0.25) is 4.79 Å². The van der Waals surface area contributed by atoms with E-state index in [4.69, 9.17) is 5.11 Å². The normalized spacial score (nSPS) is 21.4. The first-order valence-electron chi connectivity index (χ1n) is 3.07. The third kappa shape index (κ3) is 2.35. The van der Waals surface area contributed by atoms with Gasteiger partial charge in [-0.1, -0.05) is 28.8 Å². The molecule has 0 amide bonds. The van der Waals surface area contributed by atoms with Gasteiger partial charge in [0.2, 0.25) is 0 Å². The molecule has 0 aliphatic heterocycles. The van der Waals surface area contributed by atoms with Gasteiger partial charge in [-0.15, -0.1) is 0 Å². The highest BCUT2D eigenvalue weighted by Crippen LogP contribution is 2.35. The molecule has 0 aromatic carbocycles. The number of carbonyl (C=O) groups is 1. The molecule has 0 saturated heterocycles. The van der Waals surface area contributed by atoms with Crippen molar-refractivity contribution < 1.29 is 9.90 Å². The van der Waals surface area contributed by atoms with Gasteiger partial charge in [-0.2, -0.15) is 0 Å². The van der Waals surface area contributed by atoms with Crippen molar-refractivity contribution in [3.05, 3.63) is 0 Å². The lowest BCUT2D eigenvalue weighted by molar-refractivity contribution is -0.136. The fourth-order valence-corrected chi connectivity index (χ4v) is 1.28. The van der Waals surface area contributed by atoms with Crippen LogP contribution in [0.5, 0.6) is 0 Å². The van der Waals surface area contributed by atoms with Crippen molar-refractivity contribution in [1.82, 2.24) is 0 Å². The minimum Gasteiger partial charge on any atom is -0.480 e. The molecule has 1 saturated carbocycles. The summed E-state index contributed by atoms with van der Waals surface area (Å²) in [6.45, 7) is 0. The summed E-state index contributed by atoms with van der Waals surface area (Å²) in [4.78, 5) is 9.90. The van der Waals surface area contributed by atoms with E-state index in [0.29, 0.717) is 5.92 Å². The highest BCUT2D eigenvalue weighted by molar-refractivity contribution is 9.10. The molecule has 1 rings (SSSR count). The number of halogens is 1. The molecule has 0 spiro atoms. The summed E-state index contributed by atoms with van der Waals surface area (Å²) in [5, 5.41) is 8.41. The van der Waals surface area contributed by atoms with Crippen LogP contribution in [-0.2, 0) is 4.79 Å². The number of rotatable bonds is 3. The summed E-state index contributed by atoms with van der Waals surface area (Å²) >= 11 is 3.08. The average Bonchev–Trinajstić information content (AvgIpc) is 2.50. The molecule has 1 aliphatic rings. The van der Waals surface area contributed by atoms with Crippen LogP contribution in [0, 0.1) is 5.92 Å². The van der Waals surface area contributed by atoms with Gasteiger partial charge in [0.15, 0.2) is 0 Å². The average molecular weight is 193 g/mol. The highest BCUT2D eigenvalue weighted by Gasteiger charge is 2.27. The summed E-state index contributed by atoms with van der Waals surface area (Å²) in [5.74, 6) is -0.0487. The molecule has 1 N–H and O–H groups in total. The molecule has 0 bridgehead atoms. The van der Waals surface area contributed by atoms with E-state index in [2.05, 4.69) is 15.9 Å². The second-order valence-electron chi connectivity index (χ2n) is 2.48. The van der Waals surface area contributed by atoms with Crippen LogP contribution in [0.4, 0.5) is 0 Å². The number of alkyl halides is 1. The second kappa shape index (κ2) is 2.69. The zero-order valence-corrected chi connectivity index (χ0v) is 6.60. The van der Waals surface area contributed by atoms with E-state index >= 15 is 0 Å². The first kappa shape index (κ1) is 7.06. The Labute approximate surface area is 62.4 Å². The Balaban J connectivity index is 2.16. The van der Waals surface area contributed by atoms with Crippen molar-refractivity contribution in [3.63, 3.8) is 0 Å². The quantitative estimate of drug-likeness (QED) is 0.691. The van der Waals surface area contributed by atoms with E-state index in [9.17, 15) is 4.79 Å². The van der Waals surface area contributed by atoms with Crippen molar-refractivity contribution >= 4 is 21.9 Å². The number of hydrogen-bond donors (Lipinski definition) is 1. The Hall–Kier alpha value is -0.0500. The maximum atomic E-state index is 10.2. The molecule has 1 aliphatic carbocycles. The van der Waals surface area contributed by atoms with E-state index in [0.717, 1.165) is 6.42 Å². The zero-order valence-electron chi connectivity index (χ0n) is 5.01. The fourth-order valence-electron chi connectivity index (χ4n) is 0.747. The van der Waals surface area contributed by atoms with Crippen LogP contribution in [0.15, 0.2) is 0 Å². The molecule has 52 valence electrons. The van der Waals surface area contributed by atoms with Crippen LogP contribution in [0.1, 0.15) is 19.3 Å². The van der Waals surface area contributed by atoms with E-state index < -0.39 is 5.97 Å². The van der Waals surface area contributed by atoms with Crippen molar-refractivity contribution in [2.45, 2.75) is 24.1 Å². The molecule has 0 radical (unpaired) electrons. The van der Waals surface area contributed by atoms with Crippen LogP contribution in [0.25, 0.3) is 0 Å². The third-order valence-corrected chi connectivity index (χ3v) is 2.27. The van der Waals surface area contributed by atoms with Crippen LogP contribution < -0.4 is 0 Å². The largest absolute Gasteiger partial charge is 0.480 e. The number of carboxylic acid groups (broad SMARTS) is 1. The van der Waals surface area contributed by atoms with Gasteiger partial charge in [0.25, 0.3) is 0 Å². The summed E-state index contributed by atoms with van der Waals surface area (Å²) in [7, 11) is 0. The molecule has 0 heterocycles. The van der Waals surface area contributed by atoms with Crippen LogP contribution in [0.3, 0.4) is 0 Å². The van der Waals surface area contributed by atoms with E-state index in [1.807, 2.05) is 0 Å². The predicted molar refractivity (Wildman–Crippen MR) is 37.7 cm³/mol. The molecule has 2 nitrogen and oxygen atoms in total. The smallest absolute Gasteiger partial charge is 0.317 e. The first-order valence-corrected chi connectivity index (χ1v) is 3.98. The molecule has 1 atom stereocenters. The lowest BCUT2D eigenvalue weighted by Crippen LogP contribution is -2.12. The zero-order chi connectivity index (χ0) is 6.85. The van der Waals surface area contributed by atoms with Crippen LogP contribution in [-0.4, -0.2) is 15.9 Å². The highest BCUT2D eigenvalue weighted by atomic mass is 79.9. The molecule has 3 heteroatoms. The monoisotopic (exact) mass is 192 g/mol. The van der Waals surface area contributed by atoms with Gasteiger partial charge in [-0.05, 0) is 12.3 Å². The minimum absolute atomic E-state index is 0.315. The molecular formula is C6H9BrO2. The minimum atomic E-state index is -0.734. The van der Waals surface area contributed by atoms with Crippen LogP contribution in [0.2, 0.25) is 0 Å². The van der Waals surface area contributed by atoms with Gasteiger partial charge < -0.3 is 5.11 Å². The Morgan fingerprint density at radius 1 is 1.78 bits per heavy atom. The Morgan fingerprint density at radius 3 is 2.67 bits per heavy atom. The Morgan fingerprint density at radius 2 is 2.33 bits per heavy atom. The van der Waals surface area contributed by atoms with E-state index in [-0.39, 0.29) is 4.83 Å². The van der Waals surface area contributed by atoms with Crippen molar-refractivity contribution in [3.8, 4) is 0 Å². The van der Waals surface area contributed by atoms with Gasteiger partial charge >= 0.3 is 5.97 Å².